The van der Waals surface area contributed by atoms with Crippen molar-refractivity contribution in [1.82, 2.24) is 4.90 Å². The van der Waals surface area contributed by atoms with Crippen LogP contribution >= 0.6 is 11.8 Å². The predicted octanol–water partition coefficient (Wildman–Crippen LogP) is 3.56. The van der Waals surface area contributed by atoms with E-state index in [0.717, 1.165) is 19.5 Å². The minimum absolute atomic E-state index is 0.577. The van der Waals surface area contributed by atoms with Gasteiger partial charge in [0.05, 0.1) is 0 Å². The molecule has 0 radical (unpaired) electrons. The average Bonchev–Trinajstić information content (AvgIpc) is 2.39. The third kappa shape index (κ3) is 2.36. The Labute approximate surface area is 106 Å². The van der Waals surface area contributed by atoms with E-state index in [-0.39, 0.29) is 0 Å². The molecule has 3 aliphatic heterocycles. The minimum Gasteiger partial charge on any atom is -0.271 e. The van der Waals surface area contributed by atoms with Crippen molar-refractivity contribution in [3.05, 3.63) is 30.3 Å². The Bertz CT molecular complexity index is 375. The van der Waals surface area contributed by atoms with Gasteiger partial charge in [0.1, 0.15) is 0 Å². The molecule has 0 saturated carbocycles. The Kier molecular flexibility index (Phi) is 3.14. The summed E-state index contributed by atoms with van der Waals surface area (Å²) in [5, 5.41) is 0. The van der Waals surface area contributed by atoms with Gasteiger partial charge in [0.25, 0.3) is 0 Å². The summed E-state index contributed by atoms with van der Waals surface area (Å²) in [6, 6.07) is 10.2. The van der Waals surface area contributed by atoms with Gasteiger partial charge in [0.2, 0.25) is 0 Å². The maximum absolute atomic E-state index is 14.9. The Hall–Kier alpha value is -0.540. The number of halogens is 1. The largest absolute Gasteiger partial charge is 0.271 e. The van der Waals surface area contributed by atoms with Crippen LogP contribution in [0.1, 0.15) is 19.3 Å². The van der Waals surface area contributed by atoms with Crippen molar-refractivity contribution in [2.45, 2.75) is 30.0 Å². The molecule has 0 N–H and O–H groups in total. The van der Waals surface area contributed by atoms with E-state index in [9.17, 15) is 4.39 Å². The SMILES string of the molecule is FC1(CSc2ccccc2)CC2CCN1CC2. The molecule has 0 aliphatic carbocycles. The van der Waals surface area contributed by atoms with Crippen molar-refractivity contribution in [3.8, 4) is 0 Å². The van der Waals surface area contributed by atoms with Gasteiger partial charge in [-0.25, -0.2) is 4.39 Å². The molecule has 3 fully saturated rings. The summed E-state index contributed by atoms with van der Waals surface area (Å²) in [6.45, 7) is 1.91. The third-order valence-electron chi connectivity index (χ3n) is 3.99. The van der Waals surface area contributed by atoms with Gasteiger partial charge in [-0.1, -0.05) is 18.2 Å². The van der Waals surface area contributed by atoms with E-state index >= 15 is 0 Å². The van der Waals surface area contributed by atoms with Crippen LogP contribution in [0.4, 0.5) is 4.39 Å². The van der Waals surface area contributed by atoms with Crippen molar-refractivity contribution in [2.75, 3.05) is 18.8 Å². The van der Waals surface area contributed by atoms with E-state index < -0.39 is 5.79 Å². The molecule has 4 rings (SSSR count). The number of benzene rings is 1. The zero-order valence-corrected chi connectivity index (χ0v) is 10.8. The lowest BCUT2D eigenvalue weighted by Crippen LogP contribution is -2.57. The number of fused-ring (bicyclic) bond motifs is 3. The molecule has 0 aromatic heterocycles. The van der Waals surface area contributed by atoms with Crippen molar-refractivity contribution in [2.24, 2.45) is 5.92 Å². The van der Waals surface area contributed by atoms with E-state index in [1.807, 2.05) is 18.2 Å². The van der Waals surface area contributed by atoms with Crippen molar-refractivity contribution >= 4 is 11.8 Å². The molecule has 1 aromatic rings. The zero-order chi connectivity index (χ0) is 11.7. The summed E-state index contributed by atoms with van der Waals surface area (Å²) in [5.41, 5.74) is 0. The van der Waals surface area contributed by atoms with Crippen LogP contribution in [0, 0.1) is 5.92 Å². The second kappa shape index (κ2) is 4.62. The van der Waals surface area contributed by atoms with E-state index in [2.05, 4.69) is 17.0 Å². The fraction of sp³-hybridized carbons (Fsp3) is 0.571. The number of hydrogen-bond acceptors (Lipinski definition) is 2. The molecule has 0 amide bonds. The summed E-state index contributed by atoms with van der Waals surface area (Å²) in [7, 11) is 0. The zero-order valence-electron chi connectivity index (χ0n) is 9.94. The molecule has 3 heteroatoms. The van der Waals surface area contributed by atoms with Crippen molar-refractivity contribution in [1.29, 1.82) is 0 Å². The van der Waals surface area contributed by atoms with Crippen LogP contribution in [0.5, 0.6) is 0 Å². The number of thioether (sulfide) groups is 1. The van der Waals surface area contributed by atoms with Gasteiger partial charge < -0.3 is 0 Å². The van der Waals surface area contributed by atoms with Crippen LogP contribution in [-0.2, 0) is 0 Å². The number of alkyl halides is 1. The number of rotatable bonds is 3. The lowest BCUT2D eigenvalue weighted by Gasteiger charge is -2.49. The number of piperidine rings is 3. The number of nitrogens with zero attached hydrogens (tertiary/aromatic N) is 1. The molecule has 1 nitrogen and oxygen atoms in total. The summed E-state index contributed by atoms with van der Waals surface area (Å²) in [4.78, 5) is 3.23. The molecule has 3 saturated heterocycles. The lowest BCUT2D eigenvalue weighted by atomic mass is 9.82. The molecule has 92 valence electrons. The Morgan fingerprint density at radius 2 is 1.94 bits per heavy atom. The van der Waals surface area contributed by atoms with Gasteiger partial charge in [-0.05, 0) is 37.3 Å². The first kappa shape index (κ1) is 11.5. The second-order valence-corrected chi connectivity index (χ2v) is 6.20. The van der Waals surface area contributed by atoms with Crippen LogP contribution in [0.3, 0.4) is 0 Å². The monoisotopic (exact) mass is 251 g/mol. The predicted molar refractivity (Wildman–Crippen MR) is 69.9 cm³/mol. The van der Waals surface area contributed by atoms with Crippen molar-refractivity contribution < 1.29 is 4.39 Å². The average molecular weight is 251 g/mol. The lowest BCUT2D eigenvalue weighted by molar-refractivity contribution is -0.0997. The van der Waals surface area contributed by atoms with Gasteiger partial charge in [0, 0.05) is 23.7 Å². The first-order chi connectivity index (χ1) is 8.26. The highest BCUT2D eigenvalue weighted by molar-refractivity contribution is 7.99. The molecule has 3 heterocycles. The van der Waals surface area contributed by atoms with Gasteiger partial charge in [-0.2, -0.15) is 0 Å². The Balaban J connectivity index is 1.65. The topological polar surface area (TPSA) is 3.24 Å². The standard InChI is InChI=1S/C14H18FNS/c15-14(10-12-6-8-16(14)9-7-12)11-17-13-4-2-1-3-5-13/h1-5,12H,6-11H2. The Morgan fingerprint density at radius 1 is 1.24 bits per heavy atom. The van der Waals surface area contributed by atoms with Crippen LogP contribution in [0.25, 0.3) is 0 Å². The smallest absolute Gasteiger partial charge is 0.173 e. The highest BCUT2D eigenvalue weighted by Crippen LogP contribution is 2.42. The summed E-state index contributed by atoms with van der Waals surface area (Å²) >= 11 is 1.65. The molecular formula is C14H18FNS. The molecular weight excluding hydrogens is 233 g/mol. The molecule has 1 atom stereocenters. The molecule has 17 heavy (non-hydrogen) atoms. The van der Waals surface area contributed by atoms with Gasteiger partial charge in [-0.15, -0.1) is 11.8 Å². The maximum Gasteiger partial charge on any atom is 0.173 e. The fourth-order valence-electron chi connectivity index (χ4n) is 2.97. The quantitative estimate of drug-likeness (QED) is 0.597. The van der Waals surface area contributed by atoms with Gasteiger partial charge >= 0.3 is 0 Å². The molecule has 2 bridgehead atoms. The van der Waals surface area contributed by atoms with Crippen molar-refractivity contribution in [3.63, 3.8) is 0 Å². The summed E-state index contributed by atoms with van der Waals surface area (Å²) in [6.07, 6.45) is 3.14. The summed E-state index contributed by atoms with van der Waals surface area (Å²) in [5.74, 6) is 0.149. The minimum atomic E-state index is -1.05. The first-order valence-corrected chi connectivity index (χ1v) is 7.37. The normalized spacial score (nSPS) is 36.1. The van der Waals surface area contributed by atoms with E-state index in [1.165, 1.54) is 17.7 Å². The second-order valence-electron chi connectivity index (χ2n) is 5.15. The van der Waals surface area contributed by atoms with E-state index in [0.29, 0.717) is 11.7 Å². The highest BCUT2D eigenvalue weighted by atomic mass is 32.2. The molecule has 3 aliphatic rings. The third-order valence-corrected chi connectivity index (χ3v) is 5.18. The van der Waals surface area contributed by atoms with Gasteiger partial charge in [-0.3, -0.25) is 4.90 Å². The van der Waals surface area contributed by atoms with Crippen LogP contribution in [0.15, 0.2) is 35.2 Å². The Morgan fingerprint density at radius 3 is 2.53 bits per heavy atom. The number of hydrogen-bond donors (Lipinski definition) is 0. The van der Waals surface area contributed by atoms with Crippen LogP contribution < -0.4 is 0 Å². The van der Waals surface area contributed by atoms with E-state index in [1.54, 1.807) is 11.8 Å². The highest BCUT2D eigenvalue weighted by Gasteiger charge is 2.46. The molecule has 1 aromatic carbocycles. The molecule has 0 spiro atoms. The fourth-order valence-corrected chi connectivity index (χ4v) is 4.01. The maximum atomic E-state index is 14.9. The van der Waals surface area contributed by atoms with E-state index in [4.69, 9.17) is 0 Å². The summed E-state index contributed by atoms with van der Waals surface area (Å²) < 4.78 is 14.9. The molecule has 1 unspecified atom stereocenters. The van der Waals surface area contributed by atoms with Crippen LogP contribution in [0.2, 0.25) is 0 Å². The van der Waals surface area contributed by atoms with Gasteiger partial charge in [0.15, 0.2) is 5.79 Å². The first-order valence-electron chi connectivity index (χ1n) is 6.38. The van der Waals surface area contributed by atoms with Crippen LogP contribution in [-0.4, -0.2) is 29.5 Å².